The SMILES string of the molecule is CC(N)c1ccc(-c2cccc(C(F)(F)F)c2)cc1. The summed E-state index contributed by atoms with van der Waals surface area (Å²) >= 11 is 0. The van der Waals surface area contributed by atoms with Gasteiger partial charge in [-0.25, -0.2) is 0 Å². The topological polar surface area (TPSA) is 26.0 Å². The highest BCUT2D eigenvalue weighted by Gasteiger charge is 2.30. The van der Waals surface area contributed by atoms with Gasteiger partial charge in [-0.3, -0.25) is 0 Å². The zero-order valence-electron chi connectivity index (χ0n) is 10.4. The minimum atomic E-state index is -4.32. The maximum absolute atomic E-state index is 12.6. The third-order valence-corrected chi connectivity index (χ3v) is 2.96. The second kappa shape index (κ2) is 5.05. The van der Waals surface area contributed by atoms with Crippen molar-refractivity contribution in [1.82, 2.24) is 0 Å². The zero-order valence-corrected chi connectivity index (χ0v) is 10.4. The molecule has 0 amide bonds. The summed E-state index contributed by atoms with van der Waals surface area (Å²) in [6.45, 7) is 1.86. The number of rotatable bonds is 2. The molecule has 1 atom stereocenters. The van der Waals surface area contributed by atoms with Crippen molar-refractivity contribution >= 4 is 0 Å². The lowest BCUT2D eigenvalue weighted by molar-refractivity contribution is -0.137. The van der Waals surface area contributed by atoms with E-state index in [1.807, 2.05) is 19.1 Å². The molecule has 2 N–H and O–H groups in total. The predicted octanol–water partition coefficient (Wildman–Crippen LogP) is 4.39. The van der Waals surface area contributed by atoms with E-state index in [1.54, 1.807) is 18.2 Å². The van der Waals surface area contributed by atoms with Crippen LogP contribution < -0.4 is 5.73 Å². The molecule has 0 saturated carbocycles. The van der Waals surface area contributed by atoms with Crippen LogP contribution >= 0.6 is 0 Å². The van der Waals surface area contributed by atoms with E-state index < -0.39 is 11.7 Å². The normalized spacial score (nSPS) is 13.3. The Hall–Kier alpha value is -1.81. The molecule has 0 aliphatic rings. The van der Waals surface area contributed by atoms with Gasteiger partial charge >= 0.3 is 6.18 Å². The highest BCUT2D eigenvalue weighted by atomic mass is 19.4. The molecule has 0 aliphatic heterocycles. The number of benzene rings is 2. The van der Waals surface area contributed by atoms with Crippen LogP contribution in [-0.4, -0.2) is 0 Å². The molecule has 0 aromatic heterocycles. The van der Waals surface area contributed by atoms with Crippen LogP contribution in [0.5, 0.6) is 0 Å². The first-order chi connectivity index (χ1) is 8.88. The van der Waals surface area contributed by atoms with Crippen LogP contribution in [0.3, 0.4) is 0 Å². The Morgan fingerprint density at radius 2 is 1.58 bits per heavy atom. The third kappa shape index (κ3) is 3.15. The summed E-state index contributed by atoms with van der Waals surface area (Å²) in [5, 5.41) is 0. The van der Waals surface area contributed by atoms with Gasteiger partial charge in [-0.05, 0) is 35.7 Å². The van der Waals surface area contributed by atoms with Crippen molar-refractivity contribution in [3.05, 3.63) is 59.7 Å². The lowest BCUT2D eigenvalue weighted by Gasteiger charge is -2.10. The van der Waals surface area contributed by atoms with Gasteiger partial charge in [0, 0.05) is 6.04 Å². The summed E-state index contributed by atoms with van der Waals surface area (Å²) in [4.78, 5) is 0. The maximum atomic E-state index is 12.6. The molecule has 0 saturated heterocycles. The smallest absolute Gasteiger partial charge is 0.324 e. The molecule has 2 rings (SSSR count). The van der Waals surface area contributed by atoms with Crippen molar-refractivity contribution in [2.24, 2.45) is 5.73 Å². The molecule has 0 fully saturated rings. The first-order valence-electron chi connectivity index (χ1n) is 5.91. The lowest BCUT2D eigenvalue weighted by Crippen LogP contribution is -2.05. The molecule has 0 heterocycles. The number of hydrogen-bond donors (Lipinski definition) is 1. The Bertz CT molecular complexity index is 556. The van der Waals surface area contributed by atoms with Gasteiger partial charge in [0.15, 0.2) is 0 Å². The Kier molecular flexibility index (Phi) is 3.62. The largest absolute Gasteiger partial charge is 0.416 e. The molecule has 1 unspecified atom stereocenters. The van der Waals surface area contributed by atoms with Gasteiger partial charge in [0.05, 0.1) is 5.56 Å². The first-order valence-corrected chi connectivity index (χ1v) is 5.91. The molecule has 2 aromatic rings. The highest BCUT2D eigenvalue weighted by Crippen LogP contribution is 2.32. The van der Waals surface area contributed by atoms with Crippen LogP contribution in [0.4, 0.5) is 13.2 Å². The van der Waals surface area contributed by atoms with Gasteiger partial charge < -0.3 is 5.73 Å². The van der Waals surface area contributed by atoms with Gasteiger partial charge in [-0.15, -0.1) is 0 Å². The molecular weight excluding hydrogens is 251 g/mol. The van der Waals surface area contributed by atoms with Crippen molar-refractivity contribution in [3.8, 4) is 11.1 Å². The van der Waals surface area contributed by atoms with Gasteiger partial charge in [0.2, 0.25) is 0 Å². The van der Waals surface area contributed by atoms with Crippen molar-refractivity contribution in [1.29, 1.82) is 0 Å². The molecule has 4 heteroatoms. The minimum Gasteiger partial charge on any atom is -0.324 e. The van der Waals surface area contributed by atoms with Gasteiger partial charge in [0.25, 0.3) is 0 Å². The van der Waals surface area contributed by atoms with Crippen LogP contribution in [0, 0.1) is 0 Å². The fourth-order valence-electron chi connectivity index (χ4n) is 1.85. The Morgan fingerprint density at radius 1 is 0.947 bits per heavy atom. The molecule has 0 bridgehead atoms. The molecule has 0 radical (unpaired) electrons. The summed E-state index contributed by atoms with van der Waals surface area (Å²) in [6, 6.07) is 12.5. The van der Waals surface area contributed by atoms with Crippen LogP contribution in [0.15, 0.2) is 48.5 Å². The fraction of sp³-hybridized carbons (Fsp3) is 0.200. The van der Waals surface area contributed by atoms with E-state index in [-0.39, 0.29) is 6.04 Å². The Balaban J connectivity index is 2.37. The van der Waals surface area contributed by atoms with E-state index in [2.05, 4.69) is 0 Å². The van der Waals surface area contributed by atoms with Crippen LogP contribution in [-0.2, 0) is 6.18 Å². The second-order valence-electron chi connectivity index (χ2n) is 4.49. The predicted molar refractivity (Wildman–Crippen MR) is 69.5 cm³/mol. The monoisotopic (exact) mass is 265 g/mol. The van der Waals surface area contributed by atoms with Crippen molar-refractivity contribution in [3.63, 3.8) is 0 Å². The first kappa shape index (κ1) is 13.6. The quantitative estimate of drug-likeness (QED) is 0.856. The van der Waals surface area contributed by atoms with E-state index in [1.165, 1.54) is 6.07 Å². The van der Waals surface area contributed by atoms with Crippen molar-refractivity contribution < 1.29 is 13.2 Å². The number of nitrogens with two attached hydrogens (primary N) is 1. The zero-order chi connectivity index (χ0) is 14.0. The van der Waals surface area contributed by atoms with E-state index >= 15 is 0 Å². The molecular formula is C15H14F3N. The second-order valence-corrected chi connectivity index (χ2v) is 4.49. The maximum Gasteiger partial charge on any atom is 0.416 e. The van der Waals surface area contributed by atoms with Gasteiger partial charge in [-0.2, -0.15) is 13.2 Å². The van der Waals surface area contributed by atoms with Crippen LogP contribution in [0.1, 0.15) is 24.1 Å². The molecule has 0 aliphatic carbocycles. The van der Waals surface area contributed by atoms with Gasteiger partial charge in [0.1, 0.15) is 0 Å². The summed E-state index contributed by atoms with van der Waals surface area (Å²) in [7, 11) is 0. The Labute approximate surface area is 109 Å². The van der Waals surface area contributed by atoms with Crippen LogP contribution in [0.2, 0.25) is 0 Å². The van der Waals surface area contributed by atoms with Crippen molar-refractivity contribution in [2.45, 2.75) is 19.1 Å². The molecule has 19 heavy (non-hydrogen) atoms. The summed E-state index contributed by atoms with van der Waals surface area (Å²) in [6.07, 6.45) is -4.32. The van der Waals surface area contributed by atoms with E-state index in [0.717, 1.165) is 23.3 Å². The highest BCUT2D eigenvalue weighted by molar-refractivity contribution is 5.64. The summed E-state index contributed by atoms with van der Waals surface area (Å²) in [5.74, 6) is 0. The fourth-order valence-corrected chi connectivity index (χ4v) is 1.85. The van der Waals surface area contributed by atoms with Gasteiger partial charge in [-0.1, -0.05) is 36.4 Å². The van der Waals surface area contributed by atoms with E-state index in [0.29, 0.717) is 5.56 Å². The average Bonchev–Trinajstić information content (AvgIpc) is 2.38. The van der Waals surface area contributed by atoms with Crippen LogP contribution in [0.25, 0.3) is 11.1 Å². The molecule has 0 spiro atoms. The molecule has 2 aromatic carbocycles. The average molecular weight is 265 g/mol. The minimum absolute atomic E-state index is 0.0874. The third-order valence-electron chi connectivity index (χ3n) is 2.96. The van der Waals surface area contributed by atoms with E-state index in [4.69, 9.17) is 5.73 Å². The summed E-state index contributed by atoms with van der Waals surface area (Å²) < 4.78 is 37.9. The number of halogens is 3. The van der Waals surface area contributed by atoms with Crippen molar-refractivity contribution in [2.75, 3.05) is 0 Å². The Morgan fingerprint density at radius 3 is 2.11 bits per heavy atom. The molecule has 1 nitrogen and oxygen atoms in total. The summed E-state index contributed by atoms with van der Waals surface area (Å²) in [5.41, 5.74) is 7.34. The number of alkyl halides is 3. The van der Waals surface area contributed by atoms with E-state index in [9.17, 15) is 13.2 Å². The lowest BCUT2D eigenvalue weighted by atomic mass is 10.00. The number of hydrogen-bond acceptors (Lipinski definition) is 1. The molecule has 100 valence electrons. The standard InChI is InChI=1S/C15H14F3N/c1-10(19)11-5-7-12(8-6-11)13-3-2-4-14(9-13)15(16,17)18/h2-10H,19H2,1H3.